The van der Waals surface area contributed by atoms with Crippen LogP contribution >= 0.6 is 31.9 Å². The number of aromatic nitrogens is 2. The van der Waals surface area contributed by atoms with Crippen molar-refractivity contribution < 1.29 is 9.47 Å². The van der Waals surface area contributed by atoms with Gasteiger partial charge < -0.3 is 9.47 Å². The molecule has 0 saturated heterocycles. The van der Waals surface area contributed by atoms with Gasteiger partial charge in [0.1, 0.15) is 11.5 Å². The molecule has 0 aliphatic heterocycles. The van der Waals surface area contributed by atoms with Crippen molar-refractivity contribution in [2.24, 2.45) is 0 Å². The van der Waals surface area contributed by atoms with E-state index in [0.29, 0.717) is 22.2 Å². The van der Waals surface area contributed by atoms with Gasteiger partial charge in [0.2, 0.25) is 0 Å². The van der Waals surface area contributed by atoms with E-state index in [1.165, 1.54) is 0 Å². The summed E-state index contributed by atoms with van der Waals surface area (Å²) in [7, 11) is 3.23. The number of H-pyrrole nitrogens is 1. The zero-order valence-electron chi connectivity index (χ0n) is 14.2. The SMILES string of the molecule is COc1cccc(Cc2n[nH]c(=O)c(Br)c2-c2cc(Br)ccc2OC)c1. The van der Waals surface area contributed by atoms with Crippen molar-refractivity contribution in [2.75, 3.05) is 14.2 Å². The average molecular weight is 480 g/mol. The molecule has 134 valence electrons. The predicted molar refractivity (Wildman–Crippen MR) is 108 cm³/mol. The lowest BCUT2D eigenvalue weighted by Gasteiger charge is -2.14. The Morgan fingerprint density at radius 2 is 1.88 bits per heavy atom. The van der Waals surface area contributed by atoms with E-state index in [9.17, 15) is 4.79 Å². The number of hydrogen-bond acceptors (Lipinski definition) is 4. The standard InChI is InChI=1S/C19H16Br2N2O3/c1-25-13-5-3-4-11(8-13)9-15-17(18(21)19(24)23-22-15)14-10-12(20)6-7-16(14)26-2/h3-8,10H,9H2,1-2H3,(H,23,24). The van der Waals surface area contributed by atoms with Gasteiger partial charge in [0.25, 0.3) is 5.56 Å². The number of methoxy groups -OCH3 is 2. The van der Waals surface area contributed by atoms with Crippen molar-refractivity contribution in [1.29, 1.82) is 0 Å². The maximum absolute atomic E-state index is 12.2. The van der Waals surface area contributed by atoms with Crippen molar-refractivity contribution in [3.8, 4) is 22.6 Å². The number of ether oxygens (including phenoxy) is 2. The van der Waals surface area contributed by atoms with E-state index in [4.69, 9.17) is 9.47 Å². The highest BCUT2D eigenvalue weighted by Gasteiger charge is 2.19. The summed E-state index contributed by atoms with van der Waals surface area (Å²) in [4.78, 5) is 12.2. The number of aromatic amines is 1. The minimum atomic E-state index is -0.295. The van der Waals surface area contributed by atoms with E-state index in [1.54, 1.807) is 14.2 Å². The van der Waals surface area contributed by atoms with E-state index >= 15 is 0 Å². The van der Waals surface area contributed by atoms with Crippen LogP contribution in [0.4, 0.5) is 0 Å². The van der Waals surface area contributed by atoms with Crippen LogP contribution in [0.5, 0.6) is 11.5 Å². The van der Waals surface area contributed by atoms with E-state index in [1.807, 2.05) is 42.5 Å². The van der Waals surface area contributed by atoms with Crippen LogP contribution in [0.25, 0.3) is 11.1 Å². The van der Waals surface area contributed by atoms with Crippen LogP contribution < -0.4 is 15.0 Å². The van der Waals surface area contributed by atoms with Crippen LogP contribution in [0.1, 0.15) is 11.3 Å². The molecule has 0 spiro atoms. The predicted octanol–water partition coefficient (Wildman–Crippen LogP) is 4.57. The van der Waals surface area contributed by atoms with E-state index < -0.39 is 0 Å². The molecule has 1 N–H and O–H groups in total. The third-order valence-corrected chi connectivity index (χ3v) is 5.19. The second kappa shape index (κ2) is 8.05. The number of hydrogen-bond donors (Lipinski definition) is 1. The quantitative estimate of drug-likeness (QED) is 0.582. The fraction of sp³-hybridized carbons (Fsp3) is 0.158. The minimum Gasteiger partial charge on any atom is -0.497 e. The number of benzene rings is 2. The Morgan fingerprint density at radius 3 is 2.62 bits per heavy atom. The van der Waals surface area contributed by atoms with Gasteiger partial charge in [0.15, 0.2) is 0 Å². The van der Waals surface area contributed by atoms with Gasteiger partial charge in [0.05, 0.1) is 24.4 Å². The van der Waals surface area contributed by atoms with Gasteiger partial charge in [-0.15, -0.1) is 0 Å². The summed E-state index contributed by atoms with van der Waals surface area (Å²) in [6, 6.07) is 13.4. The molecule has 0 unspecified atom stereocenters. The lowest BCUT2D eigenvalue weighted by molar-refractivity contribution is 0.414. The summed E-state index contributed by atoms with van der Waals surface area (Å²) in [5, 5.41) is 6.84. The Balaban J connectivity index is 2.17. The van der Waals surface area contributed by atoms with Crippen LogP contribution in [-0.2, 0) is 6.42 Å². The summed E-state index contributed by atoms with van der Waals surface area (Å²) in [6.45, 7) is 0. The third-order valence-electron chi connectivity index (χ3n) is 3.94. The molecule has 3 rings (SSSR count). The van der Waals surface area contributed by atoms with Crippen LogP contribution in [-0.4, -0.2) is 24.4 Å². The van der Waals surface area contributed by atoms with Crippen molar-refractivity contribution in [1.82, 2.24) is 10.2 Å². The largest absolute Gasteiger partial charge is 0.497 e. The second-order valence-electron chi connectivity index (χ2n) is 5.56. The molecule has 0 atom stereocenters. The summed E-state index contributed by atoms with van der Waals surface area (Å²) in [5.74, 6) is 1.43. The van der Waals surface area contributed by atoms with Crippen molar-refractivity contribution >= 4 is 31.9 Å². The van der Waals surface area contributed by atoms with Crippen molar-refractivity contribution in [2.45, 2.75) is 6.42 Å². The molecule has 1 heterocycles. The van der Waals surface area contributed by atoms with Crippen LogP contribution in [0, 0.1) is 0 Å². The molecular formula is C19H16Br2N2O3. The first kappa shape index (κ1) is 18.7. The molecular weight excluding hydrogens is 464 g/mol. The summed E-state index contributed by atoms with van der Waals surface area (Å²) < 4.78 is 12.1. The van der Waals surface area contributed by atoms with Gasteiger partial charge in [-0.25, -0.2) is 5.10 Å². The molecule has 26 heavy (non-hydrogen) atoms. The van der Waals surface area contributed by atoms with E-state index in [2.05, 4.69) is 42.1 Å². The van der Waals surface area contributed by atoms with Crippen molar-refractivity contribution in [3.63, 3.8) is 0 Å². The van der Waals surface area contributed by atoms with Crippen LogP contribution in [0.2, 0.25) is 0 Å². The molecule has 0 radical (unpaired) electrons. The number of nitrogens with zero attached hydrogens (tertiary/aromatic N) is 1. The lowest BCUT2D eigenvalue weighted by Crippen LogP contribution is -2.14. The molecule has 0 aliphatic carbocycles. The van der Waals surface area contributed by atoms with Gasteiger partial charge in [-0.3, -0.25) is 4.79 Å². The smallest absolute Gasteiger partial charge is 0.279 e. The zero-order chi connectivity index (χ0) is 18.7. The lowest BCUT2D eigenvalue weighted by atomic mass is 9.99. The van der Waals surface area contributed by atoms with Crippen molar-refractivity contribution in [3.05, 3.63) is 73.0 Å². The van der Waals surface area contributed by atoms with Gasteiger partial charge in [-0.1, -0.05) is 28.1 Å². The Hall–Kier alpha value is -2.12. The molecule has 1 aromatic heterocycles. The first-order valence-corrected chi connectivity index (χ1v) is 9.36. The topological polar surface area (TPSA) is 64.2 Å². The molecule has 0 bridgehead atoms. The Kier molecular flexibility index (Phi) is 5.78. The number of rotatable bonds is 5. The maximum atomic E-state index is 12.2. The molecule has 0 fully saturated rings. The third kappa shape index (κ3) is 3.83. The Bertz CT molecular complexity index is 1000. The van der Waals surface area contributed by atoms with E-state index in [0.717, 1.165) is 27.0 Å². The zero-order valence-corrected chi connectivity index (χ0v) is 17.3. The molecule has 5 nitrogen and oxygen atoms in total. The highest BCUT2D eigenvalue weighted by atomic mass is 79.9. The second-order valence-corrected chi connectivity index (χ2v) is 7.27. The number of halogens is 2. The minimum absolute atomic E-state index is 0.295. The highest BCUT2D eigenvalue weighted by Crippen LogP contribution is 2.37. The highest BCUT2D eigenvalue weighted by molar-refractivity contribution is 9.10. The first-order chi connectivity index (χ1) is 12.5. The molecule has 2 aromatic carbocycles. The van der Waals surface area contributed by atoms with E-state index in [-0.39, 0.29) is 5.56 Å². The molecule has 0 saturated carbocycles. The fourth-order valence-corrected chi connectivity index (χ4v) is 3.61. The summed E-state index contributed by atoms with van der Waals surface area (Å²) in [5.41, 5.74) is 2.93. The molecule has 3 aromatic rings. The molecule has 0 aliphatic rings. The van der Waals surface area contributed by atoms with Crippen LogP contribution in [0.3, 0.4) is 0 Å². The monoisotopic (exact) mass is 478 g/mol. The first-order valence-electron chi connectivity index (χ1n) is 7.77. The van der Waals surface area contributed by atoms with Gasteiger partial charge in [-0.05, 0) is 51.8 Å². The van der Waals surface area contributed by atoms with Gasteiger partial charge >= 0.3 is 0 Å². The Labute approximate surface area is 167 Å². The normalized spacial score (nSPS) is 10.6. The van der Waals surface area contributed by atoms with Crippen LogP contribution in [0.15, 0.2) is 56.2 Å². The molecule has 7 heteroatoms. The maximum Gasteiger partial charge on any atom is 0.279 e. The fourth-order valence-electron chi connectivity index (χ4n) is 2.72. The molecule has 0 amide bonds. The summed E-state index contributed by atoms with van der Waals surface area (Å²) in [6.07, 6.45) is 0.525. The Morgan fingerprint density at radius 1 is 1.08 bits per heavy atom. The average Bonchev–Trinajstić information content (AvgIpc) is 2.65. The summed E-state index contributed by atoms with van der Waals surface area (Å²) >= 11 is 6.90. The van der Waals surface area contributed by atoms with Gasteiger partial charge in [-0.2, -0.15) is 5.10 Å². The number of nitrogens with one attached hydrogen (secondary N) is 1. The van der Waals surface area contributed by atoms with Gasteiger partial charge in [0, 0.05) is 22.0 Å².